The highest BCUT2D eigenvalue weighted by Gasteiger charge is 2.58. The fourth-order valence-corrected chi connectivity index (χ4v) is 6.70. The number of hydrogen-bond acceptors (Lipinski definition) is 2. The Balaban J connectivity index is 1.37. The average molecular weight is 361 g/mol. The fraction of sp³-hybridized carbons (Fsp3) is 0.458. The molecule has 0 heterocycles. The summed E-state index contributed by atoms with van der Waals surface area (Å²) in [5.41, 5.74) is 8.04. The number of carbonyl (C=O) groups is 1. The standard InChI is InChI=1S/C24H27NO2/c25-22(26)19-6-8-21(9-7-19)27-16-23-11-17-10-18(12-23)14-24(13-17,15-23)20-4-2-1-3-5-20/h1-9,17-18H,10-16H2,(H2,25,26). The van der Waals surface area contributed by atoms with Crippen molar-refractivity contribution in [3.8, 4) is 5.75 Å². The van der Waals surface area contributed by atoms with Crippen molar-refractivity contribution in [2.45, 2.75) is 43.9 Å². The van der Waals surface area contributed by atoms with Gasteiger partial charge in [0.2, 0.25) is 5.91 Å². The topological polar surface area (TPSA) is 52.3 Å². The summed E-state index contributed by atoms with van der Waals surface area (Å²) < 4.78 is 6.25. The maximum atomic E-state index is 11.3. The van der Waals surface area contributed by atoms with Crippen molar-refractivity contribution in [2.24, 2.45) is 23.0 Å². The fourth-order valence-electron chi connectivity index (χ4n) is 6.70. The Morgan fingerprint density at radius 2 is 1.63 bits per heavy atom. The van der Waals surface area contributed by atoms with Gasteiger partial charge in [-0.15, -0.1) is 0 Å². The molecular formula is C24H27NO2. The third-order valence-corrected chi connectivity index (χ3v) is 7.25. The van der Waals surface area contributed by atoms with Crippen LogP contribution in [0.25, 0.3) is 0 Å². The molecule has 2 aromatic carbocycles. The number of ether oxygens (including phenoxy) is 1. The lowest BCUT2D eigenvalue weighted by Gasteiger charge is -2.62. The lowest BCUT2D eigenvalue weighted by Crippen LogP contribution is -2.55. The van der Waals surface area contributed by atoms with Gasteiger partial charge >= 0.3 is 0 Å². The normalized spacial score (nSPS) is 33.8. The molecule has 0 aliphatic heterocycles. The zero-order valence-electron chi connectivity index (χ0n) is 15.7. The van der Waals surface area contributed by atoms with Crippen molar-refractivity contribution in [2.75, 3.05) is 6.61 Å². The summed E-state index contributed by atoms with van der Waals surface area (Å²) in [6.45, 7) is 0.782. The Bertz CT molecular complexity index is 828. The Hall–Kier alpha value is -2.29. The van der Waals surface area contributed by atoms with Crippen LogP contribution < -0.4 is 10.5 Å². The van der Waals surface area contributed by atoms with E-state index >= 15 is 0 Å². The maximum Gasteiger partial charge on any atom is 0.248 e. The molecule has 4 saturated carbocycles. The van der Waals surface area contributed by atoms with Gasteiger partial charge in [0.05, 0.1) is 6.61 Å². The van der Waals surface area contributed by atoms with Gasteiger partial charge in [0.1, 0.15) is 5.75 Å². The van der Waals surface area contributed by atoms with Crippen LogP contribution in [0.2, 0.25) is 0 Å². The Morgan fingerprint density at radius 3 is 2.26 bits per heavy atom. The van der Waals surface area contributed by atoms with Crippen molar-refractivity contribution in [1.29, 1.82) is 0 Å². The van der Waals surface area contributed by atoms with Crippen molar-refractivity contribution in [1.82, 2.24) is 0 Å². The van der Waals surface area contributed by atoms with Crippen LogP contribution in [0.4, 0.5) is 0 Å². The number of rotatable bonds is 5. The molecule has 4 fully saturated rings. The van der Waals surface area contributed by atoms with E-state index in [1.54, 1.807) is 12.1 Å². The van der Waals surface area contributed by atoms with Crippen LogP contribution in [-0.4, -0.2) is 12.5 Å². The lowest BCUT2D eigenvalue weighted by atomic mass is 9.43. The molecule has 6 rings (SSSR count). The van der Waals surface area contributed by atoms with Gasteiger partial charge in [-0.3, -0.25) is 4.79 Å². The second-order valence-electron chi connectivity index (χ2n) is 9.28. The van der Waals surface area contributed by atoms with Gasteiger partial charge in [-0.05, 0) is 85.6 Å². The van der Waals surface area contributed by atoms with E-state index in [1.165, 1.54) is 44.1 Å². The molecule has 2 aromatic rings. The number of amides is 1. The van der Waals surface area contributed by atoms with Crippen LogP contribution in [-0.2, 0) is 5.41 Å². The zero-order chi connectivity index (χ0) is 18.5. The summed E-state index contributed by atoms with van der Waals surface area (Å²) in [5, 5.41) is 0. The van der Waals surface area contributed by atoms with Crippen LogP contribution >= 0.6 is 0 Å². The lowest BCUT2D eigenvalue weighted by molar-refractivity contribution is -0.0913. The number of nitrogens with two attached hydrogens (primary N) is 1. The summed E-state index contributed by atoms with van der Waals surface area (Å²) >= 11 is 0. The molecule has 140 valence electrons. The predicted molar refractivity (Wildman–Crippen MR) is 106 cm³/mol. The molecule has 0 spiro atoms. The third-order valence-electron chi connectivity index (χ3n) is 7.25. The van der Waals surface area contributed by atoms with E-state index in [0.29, 0.717) is 16.4 Å². The SMILES string of the molecule is NC(=O)c1ccc(OCC23CC4CC(C2)CC(c2ccccc2)(C4)C3)cc1. The number of hydrogen-bond donors (Lipinski definition) is 1. The van der Waals surface area contributed by atoms with Crippen molar-refractivity contribution in [3.63, 3.8) is 0 Å². The van der Waals surface area contributed by atoms with Crippen molar-refractivity contribution in [3.05, 3.63) is 65.7 Å². The van der Waals surface area contributed by atoms with Crippen LogP contribution in [0.1, 0.15) is 54.4 Å². The van der Waals surface area contributed by atoms with Crippen LogP contribution in [0.3, 0.4) is 0 Å². The zero-order valence-corrected chi connectivity index (χ0v) is 15.7. The molecule has 3 heteroatoms. The summed E-state index contributed by atoms with van der Waals surface area (Å²) in [5.74, 6) is 2.12. The Morgan fingerprint density at radius 1 is 0.963 bits per heavy atom. The van der Waals surface area contributed by atoms with Crippen molar-refractivity contribution < 1.29 is 9.53 Å². The molecule has 3 nitrogen and oxygen atoms in total. The van der Waals surface area contributed by atoms with Crippen LogP contribution in [0.5, 0.6) is 5.75 Å². The molecule has 2 atom stereocenters. The van der Waals surface area contributed by atoms with E-state index in [9.17, 15) is 4.79 Å². The van der Waals surface area contributed by atoms with E-state index in [2.05, 4.69) is 30.3 Å². The molecule has 0 aromatic heterocycles. The minimum absolute atomic E-state index is 0.294. The summed E-state index contributed by atoms with van der Waals surface area (Å²) in [6, 6.07) is 18.4. The molecule has 0 radical (unpaired) electrons. The number of benzene rings is 2. The average Bonchev–Trinajstić information content (AvgIpc) is 2.66. The molecule has 1 amide bonds. The molecule has 27 heavy (non-hydrogen) atoms. The van der Waals surface area contributed by atoms with Gasteiger partial charge in [-0.2, -0.15) is 0 Å². The molecular weight excluding hydrogens is 334 g/mol. The molecule has 2 N–H and O–H groups in total. The second-order valence-corrected chi connectivity index (χ2v) is 9.28. The quantitative estimate of drug-likeness (QED) is 0.839. The first-order valence-corrected chi connectivity index (χ1v) is 10.1. The molecule has 4 bridgehead atoms. The number of primary amides is 1. The van der Waals surface area contributed by atoms with Gasteiger partial charge < -0.3 is 10.5 Å². The van der Waals surface area contributed by atoms with E-state index in [4.69, 9.17) is 10.5 Å². The summed E-state index contributed by atoms with van der Waals surface area (Å²) in [6.07, 6.45) is 7.96. The minimum atomic E-state index is -0.396. The molecule has 4 aliphatic carbocycles. The maximum absolute atomic E-state index is 11.3. The smallest absolute Gasteiger partial charge is 0.248 e. The van der Waals surface area contributed by atoms with E-state index in [1.807, 2.05) is 12.1 Å². The van der Waals surface area contributed by atoms with Gasteiger partial charge in [-0.25, -0.2) is 0 Å². The highest BCUT2D eigenvalue weighted by molar-refractivity contribution is 5.92. The Kier molecular flexibility index (Phi) is 3.82. The highest BCUT2D eigenvalue weighted by Crippen LogP contribution is 2.65. The summed E-state index contributed by atoms with van der Waals surface area (Å²) in [7, 11) is 0. The van der Waals surface area contributed by atoms with Crippen molar-refractivity contribution >= 4 is 5.91 Å². The van der Waals surface area contributed by atoms with Crippen LogP contribution in [0, 0.1) is 17.3 Å². The number of carbonyl (C=O) groups excluding carboxylic acids is 1. The minimum Gasteiger partial charge on any atom is -0.493 e. The monoisotopic (exact) mass is 361 g/mol. The van der Waals surface area contributed by atoms with Crippen LogP contribution in [0.15, 0.2) is 54.6 Å². The van der Waals surface area contributed by atoms with Gasteiger partial charge in [0, 0.05) is 11.0 Å². The highest BCUT2D eigenvalue weighted by atomic mass is 16.5. The molecule has 2 unspecified atom stereocenters. The molecule has 4 aliphatic rings. The summed E-state index contributed by atoms with van der Waals surface area (Å²) in [4.78, 5) is 11.3. The van der Waals surface area contributed by atoms with E-state index < -0.39 is 5.91 Å². The predicted octanol–water partition coefficient (Wildman–Crippen LogP) is 4.70. The first-order chi connectivity index (χ1) is 13.1. The van der Waals surface area contributed by atoms with Gasteiger partial charge in [0.15, 0.2) is 0 Å². The molecule has 0 saturated heterocycles. The third kappa shape index (κ3) is 2.93. The van der Waals surface area contributed by atoms with E-state index in [-0.39, 0.29) is 0 Å². The van der Waals surface area contributed by atoms with Gasteiger partial charge in [-0.1, -0.05) is 30.3 Å². The first kappa shape index (κ1) is 16.9. The second kappa shape index (κ2) is 6.12. The largest absolute Gasteiger partial charge is 0.493 e. The first-order valence-electron chi connectivity index (χ1n) is 10.1. The Labute approximate surface area is 160 Å². The van der Waals surface area contributed by atoms with E-state index in [0.717, 1.165) is 24.2 Å². The van der Waals surface area contributed by atoms with Gasteiger partial charge in [0.25, 0.3) is 0 Å².